The van der Waals surface area contributed by atoms with Gasteiger partial charge in [-0.05, 0) is 19.8 Å². The summed E-state index contributed by atoms with van der Waals surface area (Å²) in [7, 11) is 0. The number of hydrogen-bond donors (Lipinski definition) is 1. The fraction of sp³-hybridized carbons (Fsp3) is 0.727. The molecule has 0 saturated heterocycles. The van der Waals surface area contributed by atoms with Crippen LogP contribution in [0, 0.1) is 0 Å². The van der Waals surface area contributed by atoms with E-state index in [9.17, 15) is 0 Å². The molecule has 14 heavy (non-hydrogen) atoms. The first-order valence-electron chi connectivity index (χ1n) is 5.57. The average molecular weight is 193 g/mol. The topological polar surface area (TPSA) is 43.8 Å². The number of aromatic nitrogens is 2. The molecule has 0 radical (unpaired) electrons. The van der Waals surface area contributed by atoms with Crippen LogP contribution < -0.4 is 5.73 Å². The maximum Gasteiger partial charge on any atom is 0.0537 e. The first kappa shape index (κ1) is 9.71. The molecular weight excluding hydrogens is 174 g/mol. The van der Waals surface area contributed by atoms with Gasteiger partial charge in [-0.3, -0.25) is 4.68 Å². The lowest BCUT2D eigenvalue weighted by molar-refractivity contribution is 0.329. The van der Waals surface area contributed by atoms with Crippen LogP contribution in [0.15, 0.2) is 12.4 Å². The van der Waals surface area contributed by atoms with E-state index < -0.39 is 0 Å². The van der Waals surface area contributed by atoms with E-state index in [1.165, 1.54) is 32.1 Å². The van der Waals surface area contributed by atoms with Gasteiger partial charge in [-0.25, -0.2) is 0 Å². The Bertz CT molecular complexity index is 284. The highest BCUT2D eigenvalue weighted by atomic mass is 15.3. The molecule has 1 aliphatic carbocycles. The van der Waals surface area contributed by atoms with Gasteiger partial charge in [0.05, 0.1) is 12.2 Å². The Balaban J connectivity index is 2.07. The Morgan fingerprint density at radius 1 is 1.43 bits per heavy atom. The van der Waals surface area contributed by atoms with Crippen molar-refractivity contribution in [2.75, 3.05) is 0 Å². The predicted octanol–water partition coefficient (Wildman–Crippen LogP) is 2.41. The van der Waals surface area contributed by atoms with Crippen molar-refractivity contribution in [2.45, 2.75) is 51.1 Å². The van der Waals surface area contributed by atoms with E-state index in [2.05, 4.69) is 16.0 Å². The molecule has 78 valence electrons. The highest BCUT2D eigenvalue weighted by molar-refractivity contribution is 5.08. The van der Waals surface area contributed by atoms with E-state index in [0.717, 1.165) is 5.56 Å². The van der Waals surface area contributed by atoms with Gasteiger partial charge < -0.3 is 5.73 Å². The monoisotopic (exact) mass is 193 g/mol. The van der Waals surface area contributed by atoms with Crippen LogP contribution in [-0.4, -0.2) is 9.78 Å². The molecule has 1 saturated carbocycles. The first-order valence-corrected chi connectivity index (χ1v) is 5.57. The van der Waals surface area contributed by atoms with Crippen molar-refractivity contribution in [1.82, 2.24) is 9.78 Å². The molecule has 0 aliphatic heterocycles. The summed E-state index contributed by atoms with van der Waals surface area (Å²) in [4.78, 5) is 0. The molecule has 3 nitrogen and oxygen atoms in total. The molecule has 0 amide bonds. The molecule has 1 aliphatic rings. The maximum absolute atomic E-state index is 5.80. The molecule has 1 unspecified atom stereocenters. The van der Waals surface area contributed by atoms with Gasteiger partial charge in [0.1, 0.15) is 0 Å². The van der Waals surface area contributed by atoms with Gasteiger partial charge >= 0.3 is 0 Å². The normalized spacial score (nSPS) is 21.0. The van der Waals surface area contributed by atoms with Crippen molar-refractivity contribution in [3.63, 3.8) is 0 Å². The second-order valence-electron chi connectivity index (χ2n) is 4.33. The van der Waals surface area contributed by atoms with E-state index in [4.69, 9.17) is 5.73 Å². The lowest BCUT2D eigenvalue weighted by atomic mass is 9.96. The zero-order valence-electron chi connectivity index (χ0n) is 8.82. The number of hydrogen-bond acceptors (Lipinski definition) is 2. The third kappa shape index (κ3) is 1.98. The summed E-state index contributed by atoms with van der Waals surface area (Å²) >= 11 is 0. The Morgan fingerprint density at radius 3 is 2.71 bits per heavy atom. The first-order chi connectivity index (χ1) is 6.77. The molecule has 1 aromatic rings. The maximum atomic E-state index is 5.80. The zero-order chi connectivity index (χ0) is 9.97. The fourth-order valence-corrected chi connectivity index (χ4v) is 2.13. The van der Waals surface area contributed by atoms with Gasteiger partial charge in [0.25, 0.3) is 0 Å². The molecule has 1 atom stereocenters. The molecule has 1 heterocycles. The Morgan fingerprint density at radius 2 is 2.14 bits per heavy atom. The molecular formula is C11H19N3. The third-order valence-electron chi connectivity index (χ3n) is 3.10. The van der Waals surface area contributed by atoms with E-state index >= 15 is 0 Å². The van der Waals surface area contributed by atoms with Crippen LogP contribution in [-0.2, 0) is 0 Å². The number of nitrogens with zero attached hydrogens (tertiary/aromatic N) is 2. The average Bonchev–Trinajstić information content (AvgIpc) is 2.68. The van der Waals surface area contributed by atoms with Crippen LogP contribution in [0.2, 0.25) is 0 Å². The Labute approximate surface area is 85.3 Å². The Hall–Kier alpha value is -0.830. The number of rotatable bonds is 2. The van der Waals surface area contributed by atoms with Crippen molar-refractivity contribution in [3.05, 3.63) is 18.0 Å². The SMILES string of the molecule is CC(N)c1cnn(C2CCCCC2)c1. The van der Waals surface area contributed by atoms with Crippen LogP contribution in [0.5, 0.6) is 0 Å². The van der Waals surface area contributed by atoms with Gasteiger partial charge in [-0.15, -0.1) is 0 Å². The number of nitrogens with two attached hydrogens (primary N) is 1. The van der Waals surface area contributed by atoms with Crippen molar-refractivity contribution >= 4 is 0 Å². The Kier molecular flexibility index (Phi) is 2.87. The highest BCUT2D eigenvalue weighted by Crippen LogP contribution is 2.27. The summed E-state index contributed by atoms with van der Waals surface area (Å²) in [6.45, 7) is 2.00. The lowest BCUT2D eigenvalue weighted by Gasteiger charge is -2.21. The largest absolute Gasteiger partial charge is 0.324 e. The summed E-state index contributed by atoms with van der Waals surface area (Å²) in [5.74, 6) is 0. The van der Waals surface area contributed by atoms with Gasteiger partial charge in [-0.1, -0.05) is 19.3 Å². The molecule has 3 heteroatoms. The van der Waals surface area contributed by atoms with Crippen LogP contribution in [0.4, 0.5) is 0 Å². The molecule has 0 bridgehead atoms. The van der Waals surface area contributed by atoms with Crippen molar-refractivity contribution in [2.24, 2.45) is 5.73 Å². The van der Waals surface area contributed by atoms with Crippen molar-refractivity contribution < 1.29 is 0 Å². The van der Waals surface area contributed by atoms with Gasteiger partial charge in [0, 0.05) is 17.8 Å². The van der Waals surface area contributed by atoms with Crippen molar-refractivity contribution in [3.8, 4) is 0 Å². The molecule has 1 fully saturated rings. The molecule has 0 spiro atoms. The van der Waals surface area contributed by atoms with E-state index in [0.29, 0.717) is 6.04 Å². The molecule has 2 N–H and O–H groups in total. The highest BCUT2D eigenvalue weighted by Gasteiger charge is 2.16. The zero-order valence-corrected chi connectivity index (χ0v) is 8.82. The fourth-order valence-electron chi connectivity index (χ4n) is 2.13. The van der Waals surface area contributed by atoms with Crippen LogP contribution in [0.1, 0.15) is 56.7 Å². The minimum Gasteiger partial charge on any atom is -0.324 e. The molecule has 2 rings (SSSR count). The minimum atomic E-state index is 0.104. The predicted molar refractivity (Wildman–Crippen MR) is 57.0 cm³/mol. The van der Waals surface area contributed by atoms with Gasteiger partial charge in [-0.2, -0.15) is 5.10 Å². The third-order valence-corrected chi connectivity index (χ3v) is 3.10. The second kappa shape index (κ2) is 4.13. The van der Waals surface area contributed by atoms with Gasteiger partial charge in [0.2, 0.25) is 0 Å². The minimum absolute atomic E-state index is 0.104. The quantitative estimate of drug-likeness (QED) is 0.783. The van der Waals surface area contributed by atoms with Crippen molar-refractivity contribution in [1.29, 1.82) is 0 Å². The lowest BCUT2D eigenvalue weighted by Crippen LogP contribution is -2.13. The van der Waals surface area contributed by atoms with Gasteiger partial charge in [0.15, 0.2) is 0 Å². The van der Waals surface area contributed by atoms with Crippen LogP contribution >= 0.6 is 0 Å². The second-order valence-corrected chi connectivity index (χ2v) is 4.33. The smallest absolute Gasteiger partial charge is 0.0537 e. The molecule has 1 aromatic heterocycles. The van der Waals surface area contributed by atoms with E-state index in [1.54, 1.807) is 0 Å². The van der Waals surface area contributed by atoms with Crippen LogP contribution in [0.3, 0.4) is 0 Å². The standard InChI is InChI=1S/C11H19N3/c1-9(12)10-7-13-14(8-10)11-5-3-2-4-6-11/h7-9,11H,2-6,12H2,1H3. The van der Waals surface area contributed by atoms with E-state index in [-0.39, 0.29) is 6.04 Å². The summed E-state index contributed by atoms with van der Waals surface area (Å²) in [5, 5.41) is 4.40. The summed E-state index contributed by atoms with van der Waals surface area (Å²) in [5.41, 5.74) is 6.95. The summed E-state index contributed by atoms with van der Waals surface area (Å²) < 4.78 is 2.11. The molecule has 0 aromatic carbocycles. The summed E-state index contributed by atoms with van der Waals surface area (Å²) in [6.07, 6.45) is 10.6. The van der Waals surface area contributed by atoms with Crippen LogP contribution in [0.25, 0.3) is 0 Å². The van der Waals surface area contributed by atoms with E-state index in [1.807, 2.05) is 13.1 Å². The summed E-state index contributed by atoms with van der Waals surface area (Å²) in [6, 6.07) is 0.726.